The Morgan fingerprint density at radius 1 is 1.30 bits per heavy atom. The van der Waals surface area contributed by atoms with E-state index in [4.69, 9.17) is 10.00 Å². The van der Waals surface area contributed by atoms with Crippen LogP contribution in [-0.2, 0) is 6.42 Å². The van der Waals surface area contributed by atoms with Gasteiger partial charge in [-0.1, -0.05) is 18.6 Å². The lowest BCUT2D eigenvalue weighted by molar-refractivity contribution is 0.140. The first-order valence-corrected chi connectivity index (χ1v) is 8.32. The fraction of sp³-hybridized carbons (Fsp3) is 0.556. The zero-order valence-electron chi connectivity index (χ0n) is 13.4. The Hall–Kier alpha value is -2.22. The van der Waals surface area contributed by atoms with Gasteiger partial charge in [0.25, 0.3) is 0 Å². The maximum absolute atomic E-state index is 12.1. The second kappa shape index (κ2) is 6.91. The third kappa shape index (κ3) is 3.76. The first kappa shape index (κ1) is 15.7. The van der Waals surface area contributed by atoms with Gasteiger partial charge in [0.2, 0.25) is 0 Å². The van der Waals surface area contributed by atoms with Gasteiger partial charge in [0.15, 0.2) is 0 Å². The highest BCUT2D eigenvalue weighted by Crippen LogP contribution is 2.47. The van der Waals surface area contributed by atoms with Crippen molar-refractivity contribution in [3.8, 4) is 11.8 Å². The lowest BCUT2D eigenvalue weighted by atomic mass is 9.68. The number of amides is 2. The summed E-state index contributed by atoms with van der Waals surface area (Å²) in [7, 11) is 0. The van der Waals surface area contributed by atoms with Crippen LogP contribution in [0, 0.1) is 16.7 Å². The van der Waals surface area contributed by atoms with Crippen molar-refractivity contribution >= 4 is 6.03 Å². The minimum absolute atomic E-state index is 0.0294. The molecule has 23 heavy (non-hydrogen) atoms. The largest absolute Gasteiger partial charge is 0.492 e. The highest BCUT2D eigenvalue weighted by atomic mass is 16.5. The monoisotopic (exact) mass is 313 g/mol. The first-order valence-electron chi connectivity index (χ1n) is 8.32. The van der Waals surface area contributed by atoms with E-state index in [9.17, 15) is 4.79 Å². The molecule has 5 heteroatoms. The zero-order chi connectivity index (χ0) is 16.1. The number of rotatable bonds is 5. The van der Waals surface area contributed by atoms with E-state index in [1.807, 2.05) is 29.2 Å². The molecule has 122 valence electrons. The number of nitrogens with zero attached hydrogens (tertiary/aromatic N) is 2. The average Bonchev–Trinajstić information content (AvgIpc) is 2.99. The summed E-state index contributed by atoms with van der Waals surface area (Å²) in [4.78, 5) is 14.1. The van der Waals surface area contributed by atoms with Gasteiger partial charge < -0.3 is 15.0 Å². The molecule has 1 N–H and O–H groups in total. The molecule has 1 aliphatic heterocycles. The van der Waals surface area contributed by atoms with E-state index in [0.29, 0.717) is 25.0 Å². The molecule has 1 spiro atoms. The van der Waals surface area contributed by atoms with Crippen LogP contribution in [0.15, 0.2) is 24.3 Å². The van der Waals surface area contributed by atoms with E-state index in [0.717, 1.165) is 30.8 Å². The van der Waals surface area contributed by atoms with Gasteiger partial charge in [0.05, 0.1) is 19.0 Å². The summed E-state index contributed by atoms with van der Waals surface area (Å²) in [6, 6.07) is 9.63. The van der Waals surface area contributed by atoms with Gasteiger partial charge in [0, 0.05) is 13.1 Å². The standard InChI is InChI=1S/C18H23N3O2/c19-10-6-15-2-4-16(5-3-15)23-13-11-20-17(22)21-12-9-18(14-21)7-1-8-18/h2-5H,1,6-9,11-14H2,(H,20,22). The molecule has 0 radical (unpaired) electrons. The Kier molecular flexibility index (Phi) is 4.71. The van der Waals surface area contributed by atoms with E-state index in [1.54, 1.807) is 0 Å². The fourth-order valence-corrected chi connectivity index (χ4v) is 3.43. The lowest BCUT2D eigenvalue weighted by Crippen LogP contribution is -2.42. The molecular formula is C18H23N3O2. The fourth-order valence-electron chi connectivity index (χ4n) is 3.43. The number of urea groups is 1. The normalized spacial score (nSPS) is 18.3. The Morgan fingerprint density at radius 2 is 2.09 bits per heavy atom. The number of carbonyl (C=O) groups is 1. The predicted molar refractivity (Wildman–Crippen MR) is 87.1 cm³/mol. The molecule has 1 aliphatic carbocycles. The first-order chi connectivity index (χ1) is 11.2. The van der Waals surface area contributed by atoms with Gasteiger partial charge in [0.1, 0.15) is 12.4 Å². The van der Waals surface area contributed by atoms with Gasteiger partial charge in [-0.15, -0.1) is 0 Å². The smallest absolute Gasteiger partial charge is 0.317 e. The second-order valence-electron chi connectivity index (χ2n) is 6.58. The van der Waals surface area contributed by atoms with Gasteiger partial charge >= 0.3 is 6.03 Å². The van der Waals surface area contributed by atoms with Crippen LogP contribution >= 0.6 is 0 Å². The van der Waals surface area contributed by atoms with Crippen molar-refractivity contribution in [2.45, 2.75) is 32.1 Å². The van der Waals surface area contributed by atoms with Crippen LogP contribution in [0.4, 0.5) is 4.79 Å². The molecular weight excluding hydrogens is 290 g/mol. The number of benzene rings is 1. The van der Waals surface area contributed by atoms with Crippen molar-refractivity contribution < 1.29 is 9.53 Å². The summed E-state index contributed by atoms with van der Waals surface area (Å²) < 4.78 is 5.61. The molecule has 1 saturated heterocycles. The number of hydrogen-bond donors (Lipinski definition) is 1. The topological polar surface area (TPSA) is 65.4 Å². The molecule has 0 aromatic heterocycles. The van der Waals surface area contributed by atoms with Crippen LogP contribution in [-0.4, -0.2) is 37.2 Å². The van der Waals surface area contributed by atoms with Gasteiger partial charge in [-0.05, 0) is 42.4 Å². The van der Waals surface area contributed by atoms with Crippen LogP contribution in [0.2, 0.25) is 0 Å². The predicted octanol–water partition coefficient (Wildman–Crippen LogP) is 2.72. The molecule has 0 unspecified atom stereocenters. The quantitative estimate of drug-likeness (QED) is 0.850. The zero-order valence-corrected chi connectivity index (χ0v) is 13.4. The number of carbonyl (C=O) groups excluding carboxylic acids is 1. The van der Waals surface area contributed by atoms with Crippen molar-refractivity contribution in [1.82, 2.24) is 10.2 Å². The molecule has 1 aromatic rings. The molecule has 0 atom stereocenters. The minimum Gasteiger partial charge on any atom is -0.492 e. The number of ether oxygens (including phenoxy) is 1. The molecule has 2 aliphatic rings. The van der Waals surface area contributed by atoms with E-state index < -0.39 is 0 Å². The summed E-state index contributed by atoms with van der Waals surface area (Å²) in [6.07, 6.45) is 5.44. The highest BCUT2D eigenvalue weighted by molar-refractivity contribution is 5.74. The SMILES string of the molecule is N#CCc1ccc(OCCNC(=O)N2CCC3(CCC3)C2)cc1. The second-order valence-corrected chi connectivity index (χ2v) is 6.58. The third-order valence-corrected chi connectivity index (χ3v) is 4.99. The third-order valence-electron chi connectivity index (χ3n) is 4.99. The van der Waals surface area contributed by atoms with Crippen molar-refractivity contribution in [2.75, 3.05) is 26.2 Å². The highest BCUT2D eigenvalue weighted by Gasteiger charge is 2.43. The average molecular weight is 313 g/mol. The van der Waals surface area contributed by atoms with E-state index in [1.165, 1.54) is 19.3 Å². The van der Waals surface area contributed by atoms with Crippen LogP contribution < -0.4 is 10.1 Å². The molecule has 1 aromatic carbocycles. The molecule has 5 nitrogen and oxygen atoms in total. The van der Waals surface area contributed by atoms with Gasteiger partial charge in [-0.3, -0.25) is 0 Å². The number of nitrogens with one attached hydrogen (secondary N) is 1. The number of hydrogen-bond acceptors (Lipinski definition) is 3. The Bertz CT molecular complexity index is 587. The van der Waals surface area contributed by atoms with Crippen molar-refractivity contribution in [2.24, 2.45) is 5.41 Å². The van der Waals surface area contributed by atoms with Crippen LogP contribution in [0.25, 0.3) is 0 Å². The summed E-state index contributed by atoms with van der Waals surface area (Å²) in [5.41, 5.74) is 1.42. The Balaban J connectivity index is 1.35. The summed E-state index contributed by atoms with van der Waals surface area (Å²) >= 11 is 0. The van der Waals surface area contributed by atoms with Crippen LogP contribution in [0.5, 0.6) is 5.75 Å². The molecule has 1 saturated carbocycles. The summed E-state index contributed by atoms with van der Waals surface area (Å²) in [5.74, 6) is 0.760. The molecule has 3 rings (SSSR count). The maximum Gasteiger partial charge on any atom is 0.317 e. The van der Waals surface area contributed by atoms with E-state index in [-0.39, 0.29) is 6.03 Å². The van der Waals surface area contributed by atoms with Crippen molar-refractivity contribution in [3.63, 3.8) is 0 Å². The van der Waals surface area contributed by atoms with Gasteiger partial charge in [-0.25, -0.2) is 4.79 Å². The maximum atomic E-state index is 12.1. The molecule has 0 bridgehead atoms. The van der Waals surface area contributed by atoms with Crippen molar-refractivity contribution in [3.05, 3.63) is 29.8 Å². The lowest BCUT2D eigenvalue weighted by Gasteiger charge is -2.37. The number of nitriles is 1. The van der Waals surface area contributed by atoms with E-state index in [2.05, 4.69) is 11.4 Å². The van der Waals surface area contributed by atoms with Crippen molar-refractivity contribution in [1.29, 1.82) is 5.26 Å². The molecule has 2 fully saturated rings. The summed E-state index contributed by atoms with van der Waals surface area (Å²) in [6.45, 7) is 2.75. The van der Waals surface area contributed by atoms with Gasteiger partial charge in [-0.2, -0.15) is 5.26 Å². The minimum atomic E-state index is 0.0294. The Labute approximate surface area is 137 Å². The number of likely N-dealkylation sites (tertiary alicyclic amines) is 1. The molecule has 1 heterocycles. The van der Waals surface area contributed by atoms with Crippen LogP contribution in [0.3, 0.4) is 0 Å². The molecule has 2 amide bonds. The summed E-state index contributed by atoms with van der Waals surface area (Å²) in [5, 5.41) is 11.6. The van der Waals surface area contributed by atoms with Crippen LogP contribution in [0.1, 0.15) is 31.2 Å². The van der Waals surface area contributed by atoms with E-state index >= 15 is 0 Å². The Morgan fingerprint density at radius 3 is 2.70 bits per heavy atom.